The average Bonchev–Trinajstić information content (AvgIpc) is 2.71. The Balaban J connectivity index is 1.69. The first-order valence-electron chi connectivity index (χ1n) is 9.31. The maximum atomic E-state index is 2.45. The minimum absolute atomic E-state index is 0.406. The summed E-state index contributed by atoms with van der Waals surface area (Å²) in [6.45, 7) is 3.20. The molecular formula is C25H24N+. The first-order valence-corrected chi connectivity index (χ1v) is 9.31. The lowest BCUT2D eigenvalue weighted by atomic mass is 9.88. The van der Waals surface area contributed by atoms with Crippen LogP contribution in [-0.4, -0.2) is 0 Å². The third-order valence-electron chi connectivity index (χ3n) is 5.20. The van der Waals surface area contributed by atoms with Crippen LogP contribution in [0, 0.1) is 6.92 Å². The highest BCUT2D eigenvalue weighted by Crippen LogP contribution is 2.28. The maximum Gasteiger partial charge on any atom is 0.212 e. The van der Waals surface area contributed by atoms with Crippen molar-refractivity contribution in [2.24, 2.45) is 0 Å². The van der Waals surface area contributed by atoms with E-state index in [4.69, 9.17) is 0 Å². The van der Waals surface area contributed by atoms with Gasteiger partial charge in [-0.2, -0.15) is 4.57 Å². The molecule has 0 atom stereocenters. The van der Waals surface area contributed by atoms with Gasteiger partial charge in [0.05, 0.1) is 0 Å². The minimum atomic E-state index is 0.406. The highest BCUT2D eigenvalue weighted by molar-refractivity contribution is 5.75. The lowest BCUT2D eigenvalue weighted by Gasteiger charge is -2.17. The summed E-state index contributed by atoms with van der Waals surface area (Å²) in [5.74, 6) is 0.406. The molecule has 128 valence electrons. The van der Waals surface area contributed by atoms with Gasteiger partial charge in [-0.25, -0.2) is 0 Å². The molecule has 0 aliphatic carbocycles. The van der Waals surface area contributed by atoms with Gasteiger partial charge in [0.1, 0.15) is 6.54 Å². The molecule has 0 aliphatic rings. The summed E-state index contributed by atoms with van der Waals surface area (Å²) in [6, 6.07) is 34.8. The van der Waals surface area contributed by atoms with Crippen LogP contribution in [0.25, 0.3) is 10.9 Å². The Morgan fingerprint density at radius 2 is 1.23 bits per heavy atom. The van der Waals surface area contributed by atoms with Crippen LogP contribution in [0.1, 0.15) is 29.2 Å². The van der Waals surface area contributed by atoms with Gasteiger partial charge in [0.15, 0.2) is 5.69 Å². The topological polar surface area (TPSA) is 3.88 Å². The molecule has 4 aromatic rings. The van der Waals surface area contributed by atoms with E-state index in [2.05, 4.69) is 109 Å². The number of pyridine rings is 1. The van der Waals surface area contributed by atoms with E-state index in [9.17, 15) is 0 Å². The summed E-state index contributed by atoms with van der Waals surface area (Å²) in [7, 11) is 0. The zero-order valence-corrected chi connectivity index (χ0v) is 15.2. The highest BCUT2D eigenvalue weighted by atomic mass is 15.0. The summed E-state index contributed by atoms with van der Waals surface area (Å²) in [4.78, 5) is 0. The largest absolute Gasteiger partial charge is 0.212 e. The van der Waals surface area contributed by atoms with E-state index in [-0.39, 0.29) is 0 Å². The zero-order valence-electron chi connectivity index (χ0n) is 15.2. The first-order chi connectivity index (χ1) is 12.8. The van der Waals surface area contributed by atoms with E-state index in [0.29, 0.717) is 5.92 Å². The molecule has 3 aromatic carbocycles. The Morgan fingerprint density at radius 3 is 1.88 bits per heavy atom. The quantitative estimate of drug-likeness (QED) is 0.414. The van der Waals surface area contributed by atoms with Crippen molar-refractivity contribution >= 4 is 10.9 Å². The van der Waals surface area contributed by atoms with E-state index in [1.165, 1.54) is 27.7 Å². The van der Waals surface area contributed by atoms with Crippen molar-refractivity contribution in [2.45, 2.75) is 25.8 Å². The summed E-state index contributed by atoms with van der Waals surface area (Å²) >= 11 is 0. The van der Waals surface area contributed by atoms with Gasteiger partial charge in [-0.1, -0.05) is 72.8 Å². The molecule has 1 heterocycles. The summed E-state index contributed by atoms with van der Waals surface area (Å²) in [5.41, 5.74) is 5.39. The van der Waals surface area contributed by atoms with Crippen molar-refractivity contribution in [3.63, 3.8) is 0 Å². The number of aryl methyl sites for hydroxylation is 2. The van der Waals surface area contributed by atoms with Crippen LogP contribution in [0.4, 0.5) is 0 Å². The van der Waals surface area contributed by atoms with Gasteiger partial charge in [0, 0.05) is 36.8 Å². The van der Waals surface area contributed by atoms with Crippen LogP contribution in [0.3, 0.4) is 0 Å². The van der Waals surface area contributed by atoms with Gasteiger partial charge in [-0.15, -0.1) is 0 Å². The lowest BCUT2D eigenvalue weighted by molar-refractivity contribution is -0.678. The zero-order chi connectivity index (χ0) is 17.8. The minimum Gasteiger partial charge on any atom is -0.196 e. The SMILES string of the molecule is Cc1ccc2ccccc2[n+]1CCC(c1ccccc1)c1ccccc1. The van der Waals surface area contributed by atoms with E-state index < -0.39 is 0 Å². The number of hydrogen-bond donors (Lipinski definition) is 0. The number of aromatic nitrogens is 1. The van der Waals surface area contributed by atoms with Gasteiger partial charge in [0.2, 0.25) is 5.52 Å². The monoisotopic (exact) mass is 338 g/mol. The summed E-state index contributed by atoms with van der Waals surface area (Å²) in [5, 5.41) is 1.30. The van der Waals surface area contributed by atoms with Gasteiger partial charge >= 0.3 is 0 Å². The molecule has 1 heteroatoms. The van der Waals surface area contributed by atoms with Crippen molar-refractivity contribution in [1.29, 1.82) is 0 Å². The second-order valence-corrected chi connectivity index (χ2v) is 6.85. The Morgan fingerprint density at radius 1 is 0.654 bits per heavy atom. The maximum absolute atomic E-state index is 2.45. The van der Waals surface area contributed by atoms with Crippen LogP contribution >= 0.6 is 0 Å². The third-order valence-corrected chi connectivity index (χ3v) is 5.20. The Labute approximate surface area is 155 Å². The Kier molecular flexibility index (Phi) is 4.79. The van der Waals surface area contributed by atoms with Gasteiger partial charge < -0.3 is 0 Å². The fraction of sp³-hybridized carbons (Fsp3) is 0.160. The smallest absolute Gasteiger partial charge is 0.196 e. The first kappa shape index (κ1) is 16.5. The lowest BCUT2D eigenvalue weighted by Crippen LogP contribution is -2.38. The van der Waals surface area contributed by atoms with Crippen molar-refractivity contribution in [2.75, 3.05) is 0 Å². The molecule has 4 rings (SSSR count). The van der Waals surface area contributed by atoms with E-state index in [1.807, 2.05) is 0 Å². The Hall–Kier alpha value is -2.93. The molecule has 0 N–H and O–H groups in total. The van der Waals surface area contributed by atoms with E-state index in [1.54, 1.807) is 0 Å². The molecule has 0 saturated heterocycles. The standard InChI is InChI=1S/C25H24N/c1-20-16-17-23-14-8-9-15-25(23)26(20)19-18-24(21-10-4-2-5-11-21)22-12-6-3-7-13-22/h2-17,24H,18-19H2,1H3/q+1. The number of rotatable bonds is 5. The molecule has 1 aromatic heterocycles. The van der Waals surface area contributed by atoms with Crippen molar-refractivity contribution in [3.05, 3.63) is 114 Å². The average molecular weight is 338 g/mol. The van der Waals surface area contributed by atoms with Gasteiger partial charge in [-0.05, 0) is 23.3 Å². The van der Waals surface area contributed by atoms with Crippen molar-refractivity contribution in [1.82, 2.24) is 0 Å². The molecular weight excluding hydrogens is 314 g/mol. The fourth-order valence-electron chi connectivity index (χ4n) is 3.82. The molecule has 0 unspecified atom stereocenters. The molecule has 0 fully saturated rings. The predicted molar refractivity (Wildman–Crippen MR) is 108 cm³/mol. The number of fused-ring (bicyclic) bond motifs is 1. The second-order valence-electron chi connectivity index (χ2n) is 6.85. The molecule has 0 aliphatic heterocycles. The van der Waals surface area contributed by atoms with Crippen LogP contribution in [0.5, 0.6) is 0 Å². The van der Waals surface area contributed by atoms with E-state index in [0.717, 1.165) is 13.0 Å². The molecule has 1 nitrogen and oxygen atoms in total. The molecule has 0 amide bonds. The number of benzene rings is 3. The molecule has 0 spiro atoms. The fourth-order valence-corrected chi connectivity index (χ4v) is 3.82. The summed E-state index contributed by atoms with van der Waals surface area (Å²) in [6.07, 6.45) is 1.08. The molecule has 0 bridgehead atoms. The van der Waals surface area contributed by atoms with Gasteiger partial charge in [-0.3, -0.25) is 0 Å². The summed E-state index contributed by atoms with van der Waals surface area (Å²) < 4.78 is 2.45. The van der Waals surface area contributed by atoms with Gasteiger partial charge in [0.25, 0.3) is 0 Å². The number of hydrogen-bond acceptors (Lipinski definition) is 0. The number of nitrogens with zero attached hydrogens (tertiary/aromatic N) is 1. The highest BCUT2D eigenvalue weighted by Gasteiger charge is 2.19. The van der Waals surface area contributed by atoms with E-state index >= 15 is 0 Å². The predicted octanol–water partition coefficient (Wildman–Crippen LogP) is 5.66. The van der Waals surface area contributed by atoms with Crippen LogP contribution < -0.4 is 4.57 Å². The molecule has 26 heavy (non-hydrogen) atoms. The third kappa shape index (κ3) is 3.39. The number of para-hydroxylation sites is 1. The van der Waals surface area contributed by atoms with Crippen molar-refractivity contribution in [3.8, 4) is 0 Å². The van der Waals surface area contributed by atoms with Crippen molar-refractivity contribution < 1.29 is 4.57 Å². The molecule has 0 saturated carbocycles. The second kappa shape index (κ2) is 7.53. The van der Waals surface area contributed by atoms with Crippen LogP contribution in [0.2, 0.25) is 0 Å². The Bertz CT molecular complexity index is 951. The molecule has 0 radical (unpaired) electrons. The van der Waals surface area contributed by atoms with Crippen LogP contribution in [-0.2, 0) is 6.54 Å². The normalized spacial score (nSPS) is 11.2. The van der Waals surface area contributed by atoms with Crippen LogP contribution in [0.15, 0.2) is 97.1 Å².